The third kappa shape index (κ3) is 3.77. The van der Waals surface area contributed by atoms with Gasteiger partial charge in [-0.2, -0.15) is 0 Å². The Labute approximate surface area is 144 Å². The van der Waals surface area contributed by atoms with Crippen LogP contribution in [0.2, 0.25) is 0 Å². The highest BCUT2D eigenvalue weighted by atomic mass is 16.5. The fraction of sp³-hybridized carbons (Fsp3) is 0.278. The number of amides is 2. The molecule has 0 spiro atoms. The largest absolute Gasteiger partial charge is 0.378 e. The lowest BCUT2D eigenvalue weighted by Gasteiger charge is -2.27. The Morgan fingerprint density at radius 2 is 1.84 bits per heavy atom. The first-order valence-corrected chi connectivity index (χ1v) is 8.00. The van der Waals surface area contributed by atoms with Crippen molar-refractivity contribution in [2.45, 2.75) is 0 Å². The van der Waals surface area contributed by atoms with Crippen molar-refractivity contribution in [3.05, 3.63) is 64.1 Å². The Balaban J connectivity index is 1.82. The van der Waals surface area contributed by atoms with Gasteiger partial charge in [0.05, 0.1) is 24.5 Å². The van der Waals surface area contributed by atoms with Crippen LogP contribution in [-0.2, 0) is 11.8 Å². The smallest absolute Gasteiger partial charge is 0.256 e. The van der Waals surface area contributed by atoms with Crippen LogP contribution in [0.1, 0.15) is 20.7 Å². The number of carbonyl (C=O) groups excluding carboxylic acids is 2. The zero-order chi connectivity index (χ0) is 17.8. The molecule has 0 bridgehead atoms. The second-order valence-electron chi connectivity index (χ2n) is 5.77. The molecule has 3 rings (SSSR count). The van der Waals surface area contributed by atoms with Gasteiger partial charge >= 0.3 is 0 Å². The summed E-state index contributed by atoms with van der Waals surface area (Å²) in [5, 5.41) is 2.73. The third-order valence-electron chi connectivity index (χ3n) is 4.07. The molecule has 2 aromatic rings. The Morgan fingerprint density at radius 1 is 1.12 bits per heavy atom. The van der Waals surface area contributed by atoms with E-state index in [1.807, 2.05) is 0 Å². The maximum Gasteiger partial charge on any atom is 0.256 e. The van der Waals surface area contributed by atoms with E-state index in [-0.39, 0.29) is 17.0 Å². The number of anilines is 1. The predicted molar refractivity (Wildman–Crippen MR) is 92.8 cm³/mol. The van der Waals surface area contributed by atoms with Crippen LogP contribution in [0.4, 0.5) is 5.69 Å². The molecule has 1 saturated heterocycles. The molecule has 1 N–H and O–H groups in total. The number of hydrogen-bond donors (Lipinski definition) is 1. The molecular weight excluding hydrogens is 322 g/mol. The highest BCUT2D eigenvalue weighted by Crippen LogP contribution is 2.19. The van der Waals surface area contributed by atoms with Crippen molar-refractivity contribution in [2.75, 3.05) is 31.6 Å². The molecular formula is C18H19N3O4. The van der Waals surface area contributed by atoms with E-state index in [1.165, 1.54) is 16.8 Å². The normalized spacial score (nSPS) is 14.2. The van der Waals surface area contributed by atoms with Gasteiger partial charge in [0.25, 0.3) is 17.4 Å². The van der Waals surface area contributed by atoms with Crippen molar-refractivity contribution in [3.63, 3.8) is 0 Å². The van der Waals surface area contributed by atoms with E-state index in [2.05, 4.69) is 5.32 Å². The first-order valence-electron chi connectivity index (χ1n) is 8.00. The molecule has 7 nitrogen and oxygen atoms in total. The lowest BCUT2D eigenvalue weighted by molar-refractivity contribution is 0.0303. The standard InChI is InChI=1S/C18H19N3O4/c1-20-7-6-13(12-16(20)22)17(23)19-15-5-3-2-4-14(15)18(24)21-8-10-25-11-9-21/h2-7,12H,8-11H2,1H3,(H,19,23). The topological polar surface area (TPSA) is 80.6 Å². The van der Waals surface area contributed by atoms with E-state index in [0.717, 1.165) is 0 Å². The number of ether oxygens (including phenoxy) is 1. The fourth-order valence-electron chi connectivity index (χ4n) is 2.60. The van der Waals surface area contributed by atoms with Crippen LogP contribution in [0, 0.1) is 0 Å². The van der Waals surface area contributed by atoms with E-state index in [1.54, 1.807) is 42.3 Å². The summed E-state index contributed by atoms with van der Waals surface area (Å²) in [5.74, 6) is -0.580. The van der Waals surface area contributed by atoms with Crippen molar-refractivity contribution >= 4 is 17.5 Å². The number of aryl methyl sites for hydroxylation is 1. The molecule has 1 fully saturated rings. The van der Waals surface area contributed by atoms with Crippen LogP contribution in [-0.4, -0.2) is 47.6 Å². The number of hydrogen-bond acceptors (Lipinski definition) is 4. The summed E-state index contributed by atoms with van der Waals surface area (Å²) in [6.45, 7) is 2.06. The quantitative estimate of drug-likeness (QED) is 0.907. The van der Waals surface area contributed by atoms with Crippen LogP contribution in [0.25, 0.3) is 0 Å². The minimum atomic E-state index is -0.431. The van der Waals surface area contributed by atoms with Crippen LogP contribution < -0.4 is 10.9 Å². The van der Waals surface area contributed by atoms with Gasteiger partial charge in [-0.3, -0.25) is 14.4 Å². The average Bonchev–Trinajstić information content (AvgIpc) is 2.64. The van der Waals surface area contributed by atoms with Crippen LogP contribution in [0.5, 0.6) is 0 Å². The van der Waals surface area contributed by atoms with Crippen molar-refractivity contribution in [2.24, 2.45) is 7.05 Å². The fourth-order valence-corrected chi connectivity index (χ4v) is 2.60. The number of para-hydroxylation sites is 1. The zero-order valence-corrected chi connectivity index (χ0v) is 13.9. The Morgan fingerprint density at radius 3 is 2.56 bits per heavy atom. The second kappa shape index (κ2) is 7.31. The van der Waals surface area contributed by atoms with Gasteiger partial charge in [0, 0.05) is 38.0 Å². The third-order valence-corrected chi connectivity index (χ3v) is 4.07. The maximum absolute atomic E-state index is 12.7. The number of nitrogens with zero attached hydrogens (tertiary/aromatic N) is 2. The lowest BCUT2D eigenvalue weighted by Crippen LogP contribution is -2.41. The summed E-state index contributed by atoms with van der Waals surface area (Å²) in [6, 6.07) is 9.67. The number of carbonyl (C=O) groups is 2. The highest BCUT2D eigenvalue weighted by molar-refractivity contribution is 6.08. The Kier molecular flexibility index (Phi) is 4.95. The summed E-state index contributed by atoms with van der Waals surface area (Å²) >= 11 is 0. The molecule has 0 saturated carbocycles. The maximum atomic E-state index is 12.7. The molecule has 0 atom stereocenters. The minimum Gasteiger partial charge on any atom is -0.378 e. The van der Waals surface area contributed by atoms with E-state index in [0.29, 0.717) is 37.6 Å². The molecule has 1 aliphatic rings. The first kappa shape index (κ1) is 16.9. The molecule has 1 aromatic heterocycles. The molecule has 0 unspecified atom stereocenters. The molecule has 2 heterocycles. The van der Waals surface area contributed by atoms with E-state index >= 15 is 0 Å². The van der Waals surface area contributed by atoms with Gasteiger partial charge < -0.3 is 19.5 Å². The van der Waals surface area contributed by atoms with Gasteiger partial charge in [0.1, 0.15) is 0 Å². The van der Waals surface area contributed by atoms with Crippen molar-refractivity contribution in [3.8, 4) is 0 Å². The lowest BCUT2D eigenvalue weighted by atomic mass is 10.1. The molecule has 25 heavy (non-hydrogen) atoms. The molecule has 0 radical (unpaired) electrons. The number of pyridine rings is 1. The van der Waals surface area contributed by atoms with Crippen LogP contribution in [0.15, 0.2) is 47.4 Å². The number of rotatable bonds is 3. The number of morpholine rings is 1. The van der Waals surface area contributed by atoms with Crippen molar-refractivity contribution in [1.29, 1.82) is 0 Å². The Hall–Kier alpha value is -2.93. The summed E-state index contributed by atoms with van der Waals surface area (Å²) < 4.78 is 6.65. The summed E-state index contributed by atoms with van der Waals surface area (Å²) in [5.41, 5.74) is 0.813. The monoisotopic (exact) mass is 341 g/mol. The summed E-state index contributed by atoms with van der Waals surface area (Å²) in [4.78, 5) is 38.5. The second-order valence-corrected chi connectivity index (χ2v) is 5.77. The molecule has 2 amide bonds. The van der Waals surface area contributed by atoms with Crippen molar-refractivity contribution < 1.29 is 14.3 Å². The van der Waals surface area contributed by atoms with E-state index in [4.69, 9.17) is 4.74 Å². The van der Waals surface area contributed by atoms with E-state index < -0.39 is 5.91 Å². The minimum absolute atomic E-state index is 0.150. The summed E-state index contributed by atoms with van der Waals surface area (Å²) in [7, 11) is 1.61. The molecule has 0 aliphatic carbocycles. The van der Waals surface area contributed by atoms with Gasteiger partial charge in [-0.05, 0) is 18.2 Å². The SMILES string of the molecule is Cn1ccc(C(=O)Nc2ccccc2C(=O)N2CCOCC2)cc1=O. The van der Waals surface area contributed by atoms with Gasteiger partial charge in [0.2, 0.25) is 0 Å². The highest BCUT2D eigenvalue weighted by Gasteiger charge is 2.21. The van der Waals surface area contributed by atoms with Gasteiger partial charge in [0.15, 0.2) is 0 Å². The van der Waals surface area contributed by atoms with Crippen LogP contribution >= 0.6 is 0 Å². The first-order chi connectivity index (χ1) is 12.1. The van der Waals surface area contributed by atoms with Crippen LogP contribution in [0.3, 0.4) is 0 Å². The summed E-state index contributed by atoms with van der Waals surface area (Å²) in [6.07, 6.45) is 1.53. The average molecular weight is 341 g/mol. The molecule has 7 heteroatoms. The van der Waals surface area contributed by atoms with Gasteiger partial charge in [-0.25, -0.2) is 0 Å². The number of nitrogens with one attached hydrogen (secondary N) is 1. The zero-order valence-electron chi connectivity index (χ0n) is 13.9. The molecule has 1 aromatic carbocycles. The number of benzene rings is 1. The predicted octanol–water partition coefficient (Wildman–Crippen LogP) is 1.11. The van der Waals surface area contributed by atoms with Gasteiger partial charge in [-0.1, -0.05) is 12.1 Å². The van der Waals surface area contributed by atoms with E-state index in [9.17, 15) is 14.4 Å². The van der Waals surface area contributed by atoms with Gasteiger partial charge in [-0.15, -0.1) is 0 Å². The molecule has 130 valence electrons. The number of aromatic nitrogens is 1. The Bertz CT molecular complexity index is 853. The molecule has 1 aliphatic heterocycles. The van der Waals surface area contributed by atoms with Crippen molar-refractivity contribution in [1.82, 2.24) is 9.47 Å².